The van der Waals surface area contributed by atoms with Gasteiger partial charge in [-0.3, -0.25) is 9.59 Å². The van der Waals surface area contributed by atoms with E-state index in [1.165, 1.54) is 7.11 Å². The third kappa shape index (κ3) is 5.41. The molecule has 2 aromatic carbocycles. The predicted octanol–water partition coefficient (Wildman–Crippen LogP) is 2.27. The van der Waals surface area contributed by atoms with Crippen LogP contribution in [0.2, 0.25) is 0 Å². The molecule has 26 heavy (non-hydrogen) atoms. The minimum atomic E-state index is -0.699. The SMILES string of the molecule is COc1ccc(NC(=O)C(C)Oc2ccc(C)cc2)cc1OCC(N)=O. The van der Waals surface area contributed by atoms with Crippen molar-refractivity contribution in [3.05, 3.63) is 48.0 Å². The lowest BCUT2D eigenvalue weighted by atomic mass is 10.2. The fourth-order valence-electron chi connectivity index (χ4n) is 2.13. The van der Waals surface area contributed by atoms with Crippen molar-refractivity contribution in [1.82, 2.24) is 0 Å². The highest BCUT2D eigenvalue weighted by atomic mass is 16.5. The quantitative estimate of drug-likeness (QED) is 0.754. The van der Waals surface area contributed by atoms with Crippen LogP contribution < -0.4 is 25.3 Å². The van der Waals surface area contributed by atoms with Gasteiger partial charge in [-0.2, -0.15) is 0 Å². The van der Waals surface area contributed by atoms with E-state index in [-0.39, 0.29) is 12.5 Å². The molecule has 1 unspecified atom stereocenters. The van der Waals surface area contributed by atoms with Gasteiger partial charge in [-0.25, -0.2) is 0 Å². The highest BCUT2D eigenvalue weighted by Crippen LogP contribution is 2.30. The van der Waals surface area contributed by atoms with E-state index in [4.69, 9.17) is 19.9 Å². The molecule has 3 N–H and O–H groups in total. The Hall–Kier alpha value is -3.22. The summed E-state index contributed by atoms with van der Waals surface area (Å²) >= 11 is 0. The number of hydrogen-bond acceptors (Lipinski definition) is 5. The number of aryl methyl sites for hydroxylation is 1. The van der Waals surface area contributed by atoms with Crippen LogP contribution in [0.1, 0.15) is 12.5 Å². The molecule has 0 bridgehead atoms. The Morgan fingerprint density at radius 3 is 2.42 bits per heavy atom. The molecule has 2 amide bonds. The van der Waals surface area contributed by atoms with Crippen molar-refractivity contribution in [2.75, 3.05) is 19.0 Å². The fourth-order valence-corrected chi connectivity index (χ4v) is 2.13. The van der Waals surface area contributed by atoms with E-state index in [0.717, 1.165) is 5.56 Å². The molecule has 2 aromatic rings. The molecule has 0 aliphatic heterocycles. The van der Waals surface area contributed by atoms with Crippen molar-refractivity contribution in [3.8, 4) is 17.2 Å². The molecule has 138 valence electrons. The summed E-state index contributed by atoms with van der Waals surface area (Å²) in [5, 5.41) is 2.74. The third-order valence-electron chi connectivity index (χ3n) is 3.50. The number of nitrogens with one attached hydrogen (secondary N) is 1. The van der Waals surface area contributed by atoms with Gasteiger partial charge in [0.25, 0.3) is 11.8 Å². The molecule has 0 saturated heterocycles. The molecule has 0 fully saturated rings. The van der Waals surface area contributed by atoms with Crippen molar-refractivity contribution in [2.24, 2.45) is 5.73 Å². The molecule has 0 aliphatic rings. The van der Waals surface area contributed by atoms with Gasteiger partial charge in [0.15, 0.2) is 24.2 Å². The predicted molar refractivity (Wildman–Crippen MR) is 97.6 cm³/mol. The average molecular weight is 358 g/mol. The second-order valence-electron chi connectivity index (χ2n) is 5.68. The normalized spacial score (nSPS) is 11.3. The van der Waals surface area contributed by atoms with E-state index in [0.29, 0.717) is 22.9 Å². The summed E-state index contributed by atoms with van der Waals surface area (Å²) in [4.78, 5) is 23.2. The summed E-state index contributed by atoms with van der Waals surface area (Å²) in [6, 6.07) is 12.3. The molecule has 0 aliphatic carbocycles. The van der Waals surface area contributed by atoms with E-state index >= 15 is 0 Å². The van der Waals surface area contributed by atoms with Crippen LogP contribution >= 0.6 is 0 Å². The van der Waals surface area contributed by atoms with E-state index in [1.54, 1.807) is 25.1 Å². The van der Waals surface area contributed by atoms with Gasteiger partial charge in [0.05, 0.1) is 7.11 Å². The molecule has 0 heterocycles. The molecular weight excluding hydrogens is 336 g/mol. The summed E-state index contributed by atoms with van der Waals surface area (Å²) < 4.78 is 16.1. The standard InChI is InChI=1S/C19H22N2O5/c1-12-4-7-15(8-5-12)26-13(2)19(23)21-14-6-9-16(24-3)17(10-14)25-11-18(20)22/h4-10,13H,11H2,1-3H3,(H2,20,22)(H,21,23). The van der Waals surface area contributed by atoms with Crippen molar-refractivity contribution in [2.45, 2.75) is 20.0 Å². The largest absolute Gasteiger partial charge is 0.493 e. The van der Waals surface area contributed by atoms with E-state index < -0.39 is 12.0 Å². The summed E-state index contributed by atoms with van der Waals surface area (Å²) in [6.07, 6.45) is -0.699. The minimum Gasteiger partial charge on any atom is -0.493 e. The van der Waals surface area contributed by atoms with Crippen LogP contribution in [-0.4, -0.2) is 31.6 Å². The molecule has 0 saturated carbocycles. The van der Waals surface area contributed by atoms with Crippen molar-refractivity contribution in [1.29, 1.82) is 0 Å². The number of primary amides is 1. The first-order chi connectivity index (χ1) is 12.4. The first kappa shape index (κ1) is 19.1. The number of ether oxygens (including phenoxy) is 3. The lowest BCUT2D eigenvalue weighted by Crippen LogP contribution is -2.30. The first-order valence-electron chi connectivity index (χ1n) is 8.02. The van der Waals surface area contributed by atoms with Crippen LogP contribution in [0, 0.1) is 6.92 Å². The van der Waals surface area contributed by atoms with Gasteiger partial charge in [0, 0.05) is 11.8 Å². The number of anilines is 1. The number of nitrogens with two attached hydrogens (primary N) is 1. The van der Waals surface area contributed by atoms with Crippen LogP contribution in [0.5, 0.6) is 17.2 Å². The maximum absolute atomic E-state index is 12.3. The van der Waals surface area contributed by atoms with E-state index in [9.17, 15) is 9.59 Å². The number of carbonyl (C=O) groups is 2. The maximum atomic E-state index is 12.3. The van der Waals surface area contributed by atoms with Gasteiger partial charge in [-0.05, 0) is 38.1 Å². The van der Waals surface area contributed by atoms with Gasteiger partial charge < -0.3 is 25.3 Å². The number of carbonyl (C=O) groups excluding carboxylic acids is 2. The highest BCUT2D eigenvalue weighted by Gasteiger charge is 2.16. The summed E-state index contributed by atoms with van der Waals surface area (Å²) in [7, 11) is 1.47. The number of methoxy groups -OCH3 is 1. The highest BCUT2D eigenvalue weighted by molar-refractivity contribution is 5.94. The van der Waals surface area contributed by atoms with E-state index in [1.807, 2.05) is 31.2 Å². The Bertz CT molecular complexity index is 774. The van der Waals surface area contributed by atoms with E-state index in [2.05, 4.69) is 5.32 Å². The molecular formula is C19H22N2O5. The molecule has 2 rings (SSSR count). The zero-order valence-corrected chi connectivity index (χ0v) is 14.9. The second-order valence-corrected chi connectivity index (χ2v) is 5.68. The molecule has 1 atom stereocenters. The third-order valence-corrected chi connectivity index (χ3v) is 3.50. The molecule has 0 radical (unpaired) electrons. The first-order valence-corrected chi connectivity index (χ1v) is 8.02. The number of rotatable bonds is 8. The lowest BCUT2D eigenvalue weighted by molar-refractivity contribution is -0.122. The Morgan fingerprint density at radius 2 is 1.81 bits per heavy atom. The topological polar surface area (TPSA) is 99.9 Å². The average Bonchev–Trinajstić information content (AvgIpc) is 2.62. The van der Waals surface area contributed by atoms with Crippen LogP contribution in [0.15, 0.2) is 42.5 Å². The molecule has 7 nitrogen and oxygen atoms in total. The van der Waals surface area contributed by atoms with Crippen molar-refractivity contribution in [3.63, 3.8) is 0 Å². The lowest BCUT2D eigenvalue weighted by Gasteiger charge is -2.16. The molecule has 7 heteroatoms. The Labute approximate surface area is 152 Å². The monoisotopic (exact) mass is 358 g/mol. The van der Waals surface area contributed by atoms with Crippen LogP contribution in [0.25, 0.3) is 0 Å². The minimum absolute atomic E-state index is 0.291. The number of benzene rings is 2. The Balaban J connectivity index is 2.03. The van der Waals surface area contributed by atoms with Gasteiger partial charge in [0.1, 0.15) is 5.75 Å². The summed E-state index contributed by atoms with van der Waals surface area (Å²) in [5.74, 6) is 0.404. The zero-order chi connectivity index (χ0) is 19.1. The van der Waals surface area contributed by atoms with Crippen molar-refractivity contribution < 1.29 is 23.8 Å². The van der Waals surface area contributed by atoms with Gasteiger partial charge in [-0.1, -0.05) is 17.7 Å². The molecule has 0 spiro atoms. The van der Waals surface area contributed by atoms with Gasteiger partial charge in [-0.15, -0.1) is 0 Å². The fraction of sp³-hybridized carbons (Fsp3) is 0.263. The van der Waals surface area contributed by atoms with Crippen molar-refractivity contribution >= 4 is 17.5 Å². The summed E-state index contributed by atoms with van der Waals surface area (Å²) in [5.41, 5.74) is 6.67. The van der Waals surface area contributed by atoms with Crippen LogP contribution in [-0.2, 0) is 9.59 Å². The molecule has 0 aromatic heterocycles. The summed E-state index contributed by atoms with van der Waals surface area (Å²) in [6.45, 7) is 3.34. The zero-order valence-electron chi connectivity index (χ0n) is 14.9. The van der Waals surface area contributed by atoms with Gasteiger partial charge >= 0.3 is 0 Å². The number of amides is 2. The Kier molecular flexibility index (Phi) is 6.43. The van der Waals surface area contributed by atoms with Crippen LogP contribution in [0.3, 0.4) is 0 Å². The van der Waals surface area contributed by atoms with Gasteiger partial charge in [0.2, 0.25) is 0 Å². The smallest absolute Gasteiger partial charge is 0.265 e. The Morgan fingerprint density at radius 1 is 1.12 bits per heavy atom. The number of hydrogen-bond donors (Lipinski definition) is 2. The second kappa shape index (κ2) is 8.75. The van der Waals surface area contributed by atoms with Crippen LogP contribution in [0.4, 0.5) is 5.69 Å². The maximum Gasteiger partial charge on any atom is 0.265 e.